The molecule has 0 heterocycles. The predicted molar refractivity (Wildman–Crippen MR) is 82.0 cm³/mol. The SMILES string of the molecule is CCCCC(CC)CN(CC)c1ccccc1N. The molecule has 18 heavy (non-hydrogen) atoms. The van der Waals surface area contributed by atoms with Crippen LogP contribution >= 0.6 is 0 Å². The van der Waals surface area contributed by atoms with Crippen LogP contribution in [0, 0.1) is 5.92 Å². The van der Waals surface area contributed by atoms with Gasteiger partial charge in [-0.1, -0.05) is 45.2 Å². The molecule has 0 fully saturated rings. The fourth-order valence-electron chi connectivity index (χ4n) is 2.40. The van der Waals surface area contributed by atoms with Crippen molar-refractivity contribution in [1.29, 1.82) is 0 Å². The van der Waals surface area contributed by atoms with Crippen LogP contribution in [0.15, 0.2) is 24.3 Å². The molecule has 1 aromatic rings. The molecule has 0 bridgehead atoms. The number of nitrogens with two attached hydrogens (primary N) is 1. The van der Waals surface area contributed by atoms with Crippen molar-refractivity contribution in [3.8, 4) is 0 Å². The number of hydrogen-bond acceptors (Lipinski definition) is 2. The van der Waals surface area contributed by atoms with Gasteiger partial charge in [0.25, 0.3) is 0 Å². The number of nitrogen functional groups attached to an aromatic ring is 1. The van der Waals surface area contributed by atoms with Crippen LogP contribution < -0.4 is 10.6 Å². The van der Waals surface area contributed by atoms with E-state index in [-0.39, 0.29) is 0 Å². The highest BCUT2D eigenvalue weighted by Crippen LogP contribution is 2.25. The molecular formula is C16H28N2. The Morgan fingerprint density at radius 1 is 1.17 bits per heavy atom. The number of para-hydroxylation sites is 2. The van der Waals surface area contributed by atoms with Crippen molar-refractivity contribution in [1.82, 2.24) is 0 Å². The second-order valence-electron chi connectivity index (χ2n) is 5.01. The summed E-state index contributed by atoms with van der Waals surface area (Å²) in [6.45, 7) is 8.92. The second-order valence-corrected chi connectivity index (χ2v) is 5.01. The van der Waals surface area contributed by atoms with Crippen LogP contribution in [0.1, 0.15) is 46.5 Å². The molecule has 1 unspecified atom stereocenters. The summed E-state index contributed by atoms with van der Waals surface area (Å²) < 4.78 is 0. The van der Waals surface area contributed by atoms with E-state index in [4.69, 9.17) is 5.73 Å². The third-order valence-electron chi connectivity index (χ3n) is 3.68. The Morgan fingerprint density at radius 3 is 2.44 bits per heavy atom. The lowest BCUT2D eigenvalue weighted by Crippen LogP contribution is -2.29. The van der Waals surface area contributed by atoms with Crippen LogP contribution in [-0.2, 0) is 0 Å². The summed E-state index contributed by atoms with van der Waals surface area (Å²) in [5, 5.41) is 0. The highest BCUT2D eigenvalue weighted by molar-refractivity contribution is 5.67. The van der Waals surface area contributed by atoms with Gasteiger partial charge in [-0.3, -0.25) is 0 Å². The molecule has 0 aliphatic rings. The summed E-state index contributed by atoms with van der Waals surface area (Å²) in [7, 11) is 0. The summed E-state index contributed by atoms with van der Waals surface area (Å²) in [4.78, 5) is 2.42. The van der Waals surface area contributed by atoms with Crippen molar-refractivity contribution in [2.45, 2.75) is 46.5 Å². The molecule has 0 aliphatic carbocycles. The fourth-order valence-corrected chi connectivity index (χ4v) is 2.40. The number of nitrogens with zero attached hydrogens (tertiary/aromatic N) is 1. The van der Waals surface area contributed by atoms with Gasteiger partial charge < -0.3 is 10.6 Å². The lowest BCUT2D eigenvalue weighted by molar-refractivity contribution is 0.448. The molecule has 2 N–H and O–H groups in total. The zero-order valence-corrected chi connectivity index (χ0v) is 12.2. The normalized spacial score (nSPS) is 12.4. The first-order valence-electron chi connectivity index (χ1n) is 7.32. The van der Waals surface area contributed by atoms with Crippen molar-refractivity contribution in [2.75, 3.05) is 23.7 Å². The number of rotatable bonds is 8. The smallest absolute Gasteiger partial charge is 0.0599 e. The molecule has 0 radical (unpaired) electrons. The van der Waals surface area contributed by atoms with E-state index < -0.39 is 0 Å². The molecule has 0 aromatic heterocycles. The van der Waals surface area contributed by atoms with Gasteiger partial charge >= 0.3 is 0 Å². The Labute approximate surface area is 112 Å². The molecule has 1 atom stereocenters. The lowest BCUT2D eigenvalue weighted by Gasteiger charge is -2.29. The summed E-state index contributed by atoms with van der Waals surface area (Å²) in [5.41, 5.74) is 8.16. The average Bonchev–Trinajstić information content (AvgIpc) is 2.40. The van der Waals surface area contributed by atoms with Gasteiger partial charge in [-0.05, 0) is 31.4 Å². The second kappa shape index (κ2) is 8.02. The highest BCUT2D eigenvalue weighted by Gasteiger charge is 2.13. The van der Waals surface area contributed by atoms with Crippen molar-refractivity contribution < 1.29 is 0 Å². The van der Waals surface area contributed by atoms with Gasteiger partial charge in [0.1, 0.15) is 0 Å². The molecule has 0 spiro atoms. The number of hydrogen-bond donors (Lipinski definition) is 1. The number of benzene rings is 1. The molecule has 0 aliphatic heterocycles. The monoisotopic (exact) mass is 248 g/mol. The van der Waals surface area contributed by atoms with E-state index in [0.717, 1.165) is 24.7 Å². The van der Waals surface area contributed by atoms with Crippen LogP contribution in [0.3, 0.4) is 0 Å². The summed E-state index contributed by atoms with van der Waals surface area (Å²) in [6.07, 6.45) is 5.20. The first kappa shape index (κ1) is 14.9. The molecule has 2 heteroatoms. The first-order valence-corrected chi connectivity index (χ1v) is 7.32. The quantitative estimate of drug-likeness (QED) is 0.695. The standard InChI is InChI=1S/C16H28N2/c1-4-7-10-14(5-2)13-18(6-3)16-12-9-8-11-15(16)17/h8-9,11-12,14H,4-7,10,13,17H2,1-3H3. The molecule has 0 saturated carbocycles. The topological polar surface area (TPSA) is 29.3 Å². The van der Waals surface area contributed by atoms with Crippen molar-refractivity contribution in [3.63, 3.8) is 0 Å². The van der Waals surface area contributed by atoms with E-state index in [1.54, 1.807) is 0 Å². The molecular weight excluding hydrogens is 220 g/mol. The van der Waals surface area contributed by atoms with Crippen LogP contribution in [-0.4, -0.2) is 13.1 Å². The Kier molecular flexibility index (Phi) is 6.63. The van der Waals surface area contributed by atoms with Gasteiger partial charge in [0.05, 0.1) is 11.4 Å². The van der Waals surface area contributed by atoms with Gasteiger partial charge in [0.2, 0.25) is 0 Å². The van der Waals surface area contributed by atoms with E-state index in [9.17, 15) is 0 Å². The zero-order chi connectivity index (χ0) is 13.4. The molecule has 102 valence electrons. The summed E-state index contributed by atoms with van der Waals surface area (Å²) >= 11 is 0. The maximum atomic E-state index is 6.07. The van der Waals surface area contributed by atoms with Crippen LogP contribution in [0.5, 0.6) is 0 Å². The van der Waals surface area contributed by atoms with Gasteiger partial charge in [-0.2, -0.15) is 0 Å². The largest absolute Gasteiger partial charge is 0.397 e. The van der Waals surface area contributed by atoms with Crippen molar-refractivity contribution in [2.24, 2.45) is 5.92 Å². The number of anilines is 2. The average molecular weight is 248 g/mol. The molecule has 2 nitrogen and oxygen atoms in total. The Morgan fingerprint density at radius 2 is 1.89 bits per heavy atom. The maximum Gasteiger partial charge on any atom is 0.0599 e. The Hall–Kier alpha value is -1.18. The molecule has 0 saturated heterocycles. The van der Waals surface area contributed by atoms with Gasteiger partial charge in [0, 0.05) is 13.1 Å². The molecule has 0 amide bonds. The maximum absolute atomic E-state index is 6.07. The third-order valence-corrected chi connectivity index (χ3v) is 3.68. The predicted octanol–water partition coefficient (Wildman–Crippen LogP) is 4.31. The molecule has 1 rings (SSSR count). The Bertz CT molecular complexity index is 336. The first-order chi connectivity index (χ1) is 8.72. The third kappa shape index (κ3) is 4.25. The van der Waals surface area contributed by atoms with E-state index in [0.29, 0.717) is 0 Å². The van der Waals surface area contributed by atoms with Crippen LogP contribution in [0.2, 0.25) is 0 Å². The van der Waals surface area contributed by atoms with Gasteiger partial charge in [0.15, 0.2) is 0 Å². The van der Waals surface area contributed by atoms with E-state index in [1.807, 2.05) is 12.1 Å². The fraction of sp³-hybridized carbons (Fsp3) is 0.625. The van der Waals surface area contributed by atoms with Crippen molar-refractivity contribution in [3.05, 3.63) is 24.3 Å². The minimum absolute atomic E-state index is 0.782. The Balaban J connectivity index is 2.68. The van der Waals surface area contributed by atoms with E-state index in [2.05, 4.69) is 37.8 Å². The van der Waals surface area contributed by atoms with Crippen molar-refractivity contribution >= 4 is 11.4 Å². The number of unbranched alkanes of at least 4 members (excludes halogenated alkanes) is 1. The van der Waals surface area contributed by atoms with E-state index in [1.165, 1.54) is 31.4 Å². The summed E-state index contributed by atoms with van der Waals surface area (Å²) in [6, 6.07) is 8.19. The van der Waals surface area contributed by atoms with Gasteiger partial charge in [-0.25, -0.2) is 0 Å². The zero-order valence-electron chi connectivity index (χ0n) is 12.2. The molecule has 1 aromatic carbocycles. The van der Waals surface area contributed by atoms with Gasteiger partial charge in [-0.15, -0.1) is 0 Å². The minimum atomic E-state index is 0.782. The van der Waals surface area contributed by atoms with Crippen LogP contribution in [0.25, 0.3) is 0 Å². The highest BCUT2D eigenvalue weighted by atomic mass is 15.1. The summed E-state index contributed by atoms with van der Waals surface area (Å²) in [5.74, 6) is 0.782. The van der Waals surface area contributed by atoms with E-state index >= 15 is 0 Å². The van der Waals surface area contributed by atoms with Crippen LogP contribution in [0.4, 0.5) is 11.4 Å². The lowest BCUT2D eigenvalue weighted by atomic mass is 9.98. The minimum Gasteiger partial charge on any atom is -0.397 e.